The van der Waals surface area contributed by atoms with E-state index in [2.05, 4.69) is 5.32 Å². The van der Waals surface area contributed by atoms with E-state index in [0.717, 1.165) is 25.0 Å². The van der Waals surface area contributed by atoms with Crippen LogP contribution in [0.25, 0.3) is 0 Å². The quantitative estimate of drug-likeness (QED) is 0.805. The fraction of sp³-hybridized carbons (Fsp3) is 0.533. The van der Waals surface area contributed by atoms with Gasteiger partial charge in [0.2, 0.25) is 0 Å². The van der Waals surface area contributed by atoms with Crippen LogP contribution in [0.4, 0.5) is 18.9 Å². The Balaban J connectivity index is 3.07. The fourth-order valence-electron chi connectivity index (χ4n) is 2.43. The van der Waals surface area contributed by atoms with Gasteiger partial charge in [0.15, 0.2) is 0 Å². The molecule has 0 radical (unpaired) electrons. The number of aromatic carboxylic acids is 1. The van der Waals surface area contributed by atoms with Crippen molar-refractivity contribution in [3.63, 3.8) is 0 Å². The maximum Gasteiger partial charge on any atom is 0.417 e. The van der Waals surface area contributed by atoms with E-state index in [-0.39, 0.29) is 6.04 Å². The van der Waals surface area contributed by atoms with Gasteiger partial charge >= 0.3 is 12.1 Å². The molecule has 0 saturated heterocycles. The highest BCUT2D eigenvalue weighted by molar-refractivity contribution is 5.91. The van der Waals surface area contributed by atoms with Gasteiger partial charge in [-0.2, -0.15) is 13.2 Å². The van der Waals surface area contributed by atoms with Crippen LogP contribution < -0.4 is 5.32 Å². The van der Waals surface area contributed by atoms with Gasteiger partial charge in [0.05, 0.1) is 11.1 Å². The highest BCUT2D eigenvalue weighted by atomic mass is 19.4. The molecule has 21 heavy (non-hydrogen) atoms. The smallest absolute Gasteiger partial charge is 0.417 e. The number of benzene rings is 1. The summed E-state index contributed by atoms with van der Waals surface area (Å²) in [6.45, 7) is 6.03. The van der Waals surface area contributed by atoms with Gasteiger partial charge in [0.25, 0.3) is 0 Å². The number of rotatable bonds is 6. The molecule has 0 bridgehead atoms. The van der Waals surface area contributed by atoms with Crippen molar-refractivity contribution < 1.29 is 23.1 Å². The van der Waals surface area contributed by atoms with Crippen molar-refractivity contribution in [3.05, 3.63) is 29.3 Å². The average Bonchev–Trinajstić information content (AvgIpc) is 2.38. The zero-order chi connectivity index (χ0) is 16.2. The molecule has 0 saturated carbocycles. The lowest BCUT2D eigenvalue weighted by Gasteiger charge is -2.24. The molecule has 6 heteroatoms. The molecule has 1 aromatic carbocycles. The third kappa shape index (κ3) is 4.37. The molecule has 0 aliphatic rings. The fourth-order valence-corrected chi connectivity index (χ4v) is 2.43. The zero-order valence-corrected chi connectivity index (χ0v) is 12.3. The Kier molecular flexibility index (Phi) is 5.63. The van der Waals surface area contributed by atoms with Crippen LogP contribution in [-0.2, 0) is 6.18 Å². The van der Waals surface area contributed by atoms with Gasteiger partial charge in [-0.25, -0.2) is 4.79 Å². The maximum absolute atomic E-state index is 12.8. The Bertz CT molecular complexity index is 496. The second-order valence-electron chi connectivity index (χ2n) is 5.07. The molecule has 0 aliphatic carbocycles. The van der Waals surface area contributed by atoms with Crippen molar-refractivity contribution in [2.24, 2.45) is 5.92 Å². The van der Waals surface area contributed by atoms with E-state index < -0.39 is 23.3 Å². The molecule has 0 aliphatic heterocycles. The summed E-state index contributed by atoms with van der Waals surface area (Å²) in [5.74, 6) is -1.21. The van der Waals surface area contributed by atoms with Gasteiger partial charge in [-0.15, -0.1) is 0 Å². The van der Waals surface area contributed by atoms with Crippen molar-refractivity contribution in [3.8, 4) is 0 Å². The maximum atomic E-state index is 12.8. The summed E-state index contributed by atoms with van der Waals surface area (Å²) >= 11 is 0. The number of carboxylic acids is 1. The number of hydrogen-bond donors (Lipinski definition) is 2. The van der Waals surface area contributed by atoms with E-state index in [9.17, 15) is 18.0 Å². The van der Waals surface area contributed by atoms with Crippen LogP contribution in [0.3, 0.4) is 0 Å². The molecule has 118 valence electrons. The number of halogens is 3. The SMILES string of the molecule is CCC(CC)C(C)Nc1ccc(C(F)(F)F)c(C(=O)O)c1. The Labute approximate surface area is 122 Å². The van der Waals surface area contributed by atoms with Gasteiger partial charge in [-0.1, -0.05) is 26.7 Å². The Morgan fingerprint density at radius 2 is 1.86 bits per heavy atom. The predicted molar refractivity (Wildman–Crippen MR) is 75.6 cm³/mol. The number of anilines is 1. The summed E-state index contributed by atoms with van der Waals surface area (Å²) in [7, 11) is 0. The highest BCUT2D eigenvalue weighted by Gasteiger charge is 2.35. The lowest BCUT2D eigenvalue weighted by atomic mass is 9.95. The first-order chi connectivity index (χ1) is 9.70. The predicted octanol–water partition coefficient (Wildman–Crippen LogP) is 4.64. The molecule has 1 atom stereocenters. The molecular weight excluding hydrogens is 283 g/mol. The lowest BCUT2D eigenvalue weighted by molar-refractivity contribution is -0.138. The summed E-state index contributed by atoms with van der Waals surface area (Å²) in [6.07, 6.45) is -2.79. The van der Waals surface area contributed by atoms with Gasteiger partial charge in [-0.3, -0.25) is 0 Å². The molecule has 1 aromatic rings. The topological polar surface area (TPSA) is 49.3 Å². The monoisotopic (exact) mass is 303 g/mol. The normalized spacial score (nSPS) is 13.3. The van der Waals surface area contributed by atoms with E-state index in [0.29, 0.717) is 11.6 Å². The second-order valence-corrected chi connectivity index (χ2v) is 5.07. The molecule has 2 N–H and O–H groups in total. The van der Waals surface area contributed by atoms with Gasteiger partial charge in [-0.05, 0) is 31.0 Å². The third-order valence-electron chi connectivity index (χ3n) is 3.71. The number of carbonyl (C=O) groups is 1. The summed E-state index contributed by atoms with van der Waals surface area (Å²) in [5.41, 5.74) is -1.47. The summed E-state index contributed by atoms with van der Waals surface area (Å²) in [4.78, 5) is 11.0. The van der Waals surface area contributed by atoms with Gasteiger partial charge in [0.1, 0.15) is 0 Å². The highest BCUT2D eigenvalue weighted by Crippen LogP contribution is 2.33. The molecule has 0 aromatic heterocycles. The number of alkyl halides is 3. The third-order valence-corrected chi connectivity index (χ3v) is 3.71. The van der Waals surface area contributed by atoms with Crippen LogP contribution in [0.2, 0.25) is 0 Å². The minimum Gasteiger partial charge on any atom is -0.478 e. The zero-order valence-electron chi connectivity index (χ0n) is 12.3. The Morgan fingerprint density at radius 1 is 1.29 bits per heavy atom. The largest absolute Gasteiger partial charge is 0.478 e. The molecule has 0 fully saturated rings. The van der Waals surface area contributed by atoms with Crippen LogP contribution in [0.1, 0.15) is 49.5 Å². The van der Waals surface area contributed by atoms with Crippen LogP contribution in [0, 0.1) is 5.92 Å². The molecule has 0 heterocycles. The first-order valence-electron chi connectivity index (χ1n) is 6.91. The van der Waals surface area contributed by atoms with Crippen molar-refractivity contribution >= 4 is 11.7 Å². The van der Waals surface area contributed by atoms with E-state index in [1.165, 1.54) is 6.07 Å². The summed E-state index contributed by atoms with van der Waals surface area (Å²) in [6, 6.07) is 3.18. The van der Waals surface area contributed by atoms with Crippen molar-refractivity contribution in [2.75, 3.05) is 5.32 Å². The van der Waals surface area contributed by atoms with Gasteiger partial charge < -0.3 is 10.4 Å². The number of hydrogen-bond acceptors (Lipinski definition) is 2. The first-order valence-corrected chi connectivity index (χ1v) is 6.91. The molecule has 0 spiro atoms. The van der Waals surface area contributed by atoms with Crippen molar-refractivity contribution in [1.29, 1.82) is 0 Å². The van der Waals surface area contributed by atoms with Crippen LogP contribution >= 0.6 is 0 Å². The second kappa shape index (κ2) is 6.83. The first kappa shape index (κ1) is 17.3. The van der Waals surface area contributed by atoms with Crippen LogP contribution in [0.15, 0.2) is 18.2 Å². The van der Waals surface area contributed by atoms with Crippen molar-refractivity contribution in [1.82, 2.24) is 0 Å². The van der Waals surface area contributed by atoms with Crippen LogP contribution in [0.5, 0.6) is 0 Å². The number of nitrogens with one attached hydrogen (secondary N) is 1. The minimum atomic E-state index is -4.67. The van der Waals surface area contributed by atoms with E-state index >= 15 is 0 Å². The minimum absolute atomic E-state index is 0.0541. The average molecular weight is 303 g/mol. The Hall–Kier alpha value is -1.72. The summed E-state index contributed by atoms with van der Waals surface area (Å²) in [5, 5.41) is 12.0. The Morgan fingerprint density at radius 3 is 2.29 bits per heavy atom. The molecule has 0 amide bonds. The van der Waals surface area contributed by atoms with E-state index in [1.807, 2.05) is 20.8 Å². The lowest BCUT2D eigenvalue weighted by Crippen LogP contribution is -2.25. The van der Waals surface area contributed by atoms with Gasteiger partial charge in [0, 0.05) is 11.7 Å². The standard InChI is InChI=1S/C15H20F3NO2/c1-4-10(5-2)9(3)19-11-6-7-13(15(16,17)18)12(8-11)14(20)21/h6-10,19H,4-5H2,1-3H3,(H,20,21). The summed E-state index contributed by atoms with van der Waals surface area (Å²) < 4.78 is 38.3. The van der Waals surface area contributed by atoms with E-state index in [4.69, 9.17) is 5.11 Å². The molecule has 1 unspecified atom stereocenters. The van der Waals surface area contributed by atoms with Crippen LogP contribution in [-0.4, -0.2) is 17.1 Å². The molecular formula is C15H20F3NO2. The molecule has 1 rings (SSSR count). The number of carboxylic acid groups (broad SMARTS) is 1. The van der Waals surface area contributed by atoms with Crippen molar-refractivity contribution in [2.45, 2.75) is 45.8 Å². The molecule has 3 nitrogen and oxygen atoms in total. The van der Waals surface area contributed by atoms with E-state index in [1.54, 1.807) is 0 Å².